The van der Waals surface area contributed by atoms with Gasteiger partial charge in [0.15, 0.2) is 6.61 Å². The Balaban J connectivity index is 1.56. The number of likely N-dealkylation sites (tertiary alicyclic amines) is 2. The van der Waals surface area contributed by atoms with Crippen LogP contribution < -0.4 is 4.74 Å². The molecule has 5 heteroatoms. The van der Waals surface area contributed by atoms with Gasteiger partial charge in [-0.3, -0.25) is 9.69 Å². The lowest BCUT2D eigenvalue weighted by Crippen LogP contribution is -2.49. The van der Waals surface area contributed by atoms with E-state index in [1.54, 1.807) is 0 Å². The number of rotatable bonds is 6. The van der Waals surface area contributed by atoms with E-state index in [1.807, 2.05) is 29.2 Å². The lowest BCUT2D eigenvalue weighted by atomic mass is 10.0. The highest BCUT2D eigenvalue weighted by Crippen LogP contribution is 2.30. The van der Waals surface area contributed by atoms with Crippen LogP contribution in [0.15, 0.2) is 24.3 Å². The molecule has 25 heavy (non-hydrogen) atoms. The first kappa shape index (κ1) is 17.8. The molecule has 2 atom stereocenters. The van der Waals surface area contributed by atoms with Crippen molar-refractivity contribution in [1.82, 2.24) is 9.80 Å². The number of carbonyl (C=O) groups excluding carboxylic acids is 1. The van der Waals surface area contributed by atoms with Crippen LogP contribution in [-0.2, 0) is 11.2 Å². The van der Waals surface area contributed by atoms with Gasteiger partial charge < -0.3 is 9.64 Å². The lowest BCUT2D eigenvalue weighted by molar-refractivity contribution is -0.135. The average Bonchev–Trinajstić information content (AvgIpc) is 3.29. The summed E-state index contributed by atoms with van der Waals surface area (Å²) < 4.78 is 5.69. The molecule has 1 aromatic carbocycles. The van der Waals surface area contributed by atoms with Gasteiger partial charge in [0.2, 0.25) is 0 Å². The first-order chi connectivity index (χ1) is 12.2. The SMILES string of the molecule is CCN1CCC[C@@H]1[C@@H]1CCCN1C(=O)COc1ccc(CC#N)cc1. The molecular weight excluding hydrogens is 314 g/mol. The molecule has 0 aromatic heterocycles. The largest absolute Gasteiger partial charge is 0.484 e. The summed E-state index contributed by atoms with van der Waals surface area (Å²) in [6.07, 6.45) is 5.03. The Kier molecular flexibility index (Phi) is 5.93. The van der Waals surface area contributed by atoms with E-state index in [1.165, 1.54) is 12.8 Å². The van der Waals surface area contributed by atoms with Crippen molar-refractivity contribution < 1.29 is 9.53 Å². The predicted molar refractivity (Wildman–Crippen MR) is 96.3 cm³/mol. The quantitative estimate of drug-likeness (QED) is 0.798. The fourth-order valence-corrected chi connectivity index (χ4v) is 4.21. The van der Waals surface area contributed by atoms with Crippen molar-refractivity contribution in [2.45, 2.75) is 51.1 Å². The molecule has 0 radical (unpaired) electrons. The second kappa shape index (κ2) is 8.35. The molecule has 1 aromatic rings. The van der Waals surface area contributed by atoms with Crippen LogP contribution in [0.5, 0.6) is 5.75 Å². The molecule has 2 aliphatic heterocycles. The molecule has 2 heterocycles. The maximum Gasteiger partial charge on any atom is 0.260 e. The molecule has 2 fully saturated rings. The molecule has 0 N–H and O–H groups in total. The molecule has 5 nitrogen and oxygen atoms in total. The smallest absolute Gasteiger partial charge is 0.260 e. The zero-order valence-electron chi connectivity index (χ0n) is 15.0. The summed E-state index contributed by atoms with van der Waals surface area (Å²) in [5.74, 6) is 0.772. The Morgan fingerprint density at radius 3 is 2.64 bits per heavy atom. The number of carbonyl (C=O) groups is 1. The Morgan fingerprint density at radius 2 is 1.92 bits per heavy atom. The van der Waals surface area contributed by atoms with Crippen LogP contribution >= 0.6 is 0 Å². The molecule has 134 valence electrons. The minimum absolute atomic E-state index is 0.0894. The molecule has 3 rings (SSSR count). The van der Waals surface area contributed by atoms with Gasteiger partial charge in [-0.2, -0.15) is 5.26 Å². The topological polar surface area (TPSA) is 56.6 Å². The van der Waals surface area contributed by atoms with Crippen LogP contribution in [0.2, 0.25) is 0 Å². The number of hydrogen-bond acceptors (Lipinski definition) is 4. The van der Waals surface area contributed by atoms with Crippen molar-refractivity contribution in [3.05, 3.63) is 29.8 Å². The van der Waals surface area contributed by atoms with Crippen molar-refractivity contribution in [2.75, 3.05) is 26.2 Å². The van der Waals surface area contributed by atoms with Crippen molar-refractivity contribution in [2.24, 2.45) is 0 Å². The third-order valence-electron chi connectivity index (χ3n) is 5.45. The van der Waals surface area contributed by atoms with Crippen LogP contribution in [0.4, 0.5) is 0 Å². The summed E-state index contributed by atoms with van der Waals surface area (Å²) in [4.78, 5) is 17.3. The third-order valence-corrected chi connectivity index (χ3v) is 5.45. The van der Waals surface area contributed by atoms with Crippen LogP contribution in [0.1, 0.15) is 38.2 Å². The van der Waals surface area contributed by atoms with Gasteiger partial charge in [-0.05, 0) is 56.5 Å². The van der Waals surface area contributed by atoms with E-state index in [-0.39, 0.29) is 12.5 Å². The van der Waals surface area contributed by atoms with Gasteiger partial charge in [0, 0.05) is 18.6 Å². The Bertz CT molecular complexity index is 623. The first-order valence-electron chi connectivity index (χ1n) is 9.35. The summed E-state index contributed by atoms with van der Waals surface area (Å²) in [7, 11) is 0. The minimum Gasteiger partial charge on any atom is -0.484 e. The number of amides is 1. The molecule has 0 spiro atoms. The third kappa shape index (κ3) is 4.13. The average molecular weight is 341 g/mol. The van der Waals surface area contributed by atoms with Gasteiger partial charge in [-0.25, -0.2) is 0 Å². The Hall–Kier alpha value is -2.06. The van der Waals surface area contributed by atoms with E-state index >= 15 is 0 Å². The monoisotopic (exact) mass is 341 g/mol. The highest BCUT2D eigenvalue weighted by atomic mass is 16.5. The van der Waals surface area contributed by atoms with Gasteiger partial charge in [0.25, 0.3) is 5.91 Å². The molecular formula is C20H27N3O2. The fraction of sp³-hybridized carbons (Fsp3) is 0.600. The lowest BCUT2D eigenvalue weighted by Gasteiger charge is -2.34. The van der Waals surface area contributed by atoms with E-state index in [0.717, 1.165) is 38.0 Å². The van der Waals surface area contributed by atoms with Crippen LogP contribution in [-0.4, -0.2) is 54.0 Å². The van der Waals surface area contributed by atoms with Crippen molar-refractivity contribution in [3.63, 3.8) is 0 Å². The highest BCUT2D eigenvalue weighted by molar-refractivity contribution is 5.78. The predicted octanol–water partition coefficient (Wildman–Crippen LogP) is 2.61. The molecule has 1 amide bonds. The number of ether oxygens (including phenoxy) is 1. The van der Waals surface area contributed by atoms with E-state index < -0.39 is 0 Å². The second-order valence-corrected chi connectivity index (χ2v) is 6.90. The maximum absolute atomic E-state index is 12.7. The molecule has 0 unspecified atom stereocenters. The van der Waals surface area contributed by atoms with Gasteiger partial charge in [0.05, 0.1) is 12.5 Å². The van der Waals surface area contributed by atoms with Gasteiger partial charge >= 0.3 is 0 Å². The number of nitriles is 1. The van der Waals surface area contributed by atoms with Crippen molar-refractivity contribution in [1.29, 1.82) is 5.26 Å². The van der Waals surface area contributed by atoms with Crippen molar-refractivity contribution in [3.8, 4) is 11.8 Å². The molecule has 0 aliphatic carbocycles. The van der Waals surface area contributed by atoms with E-state index in [2.05, 4.69) is 17.9 Å². The summed E-state index contributed by atoms with van der Waals surface area (Å²) in [5.41, 5.74) is 0.960. The normalized spacial score (nSPS) is 23.6. The Morgan fingerprint density at radius 1 is 1.20 bits per heavy atom. The molecule has 2 saturated heterocycles. The van der Waals surface area contributed by atoms with E-state index in [0.29, 0.717) is 24.3 Å². The standard InChI is InChI=1S/C20H27N3O2/c1-2-22-13-3-5-18(22)19-6-4-14-23(19)20(24)15-25-17-9-7-16(8-10-17)11-12-21/h7-10,18-19H,2-6,11,13-15H2,1H3/t18-,19+/m1/s1. The number of benzene rings is 1. The van der Waals surface area contributed by atoms with Gasteiger partial charge in [-0.15, -0.1) is 0 Å². The first-order valence-corrected chi connectivity index (χ1v) is 9.35. The van der Waals surface area contributed by atoms with E-state index in [9.17, 15) is 4.79 Å². The zero-order chi connectivity index (χ0) is 17.6. The summed E-state index contributed by atoms with van der Waals surface area (Å²) in [6, 6.07) is 10.4. The number of nitrogens with zero attached hydrogens (tertiary/aromatic N) is 3. The highest BCUT2D eigenvalue weighted by Gasteiger charge is 2.39. The number of hydrogen-bond donors (Lipinski definition) is 0. The van der Waals surface area contributed by atoms with E-state index in [4.69, 9.17) is 10.00 Å². The summed E-state index contributed by atoms with van der Waals surface area (Å²) >= 11 is 0. The van der Waals surface area contributed by atoms with Crippen molar-refractivity contribution >= 4 is 5.91 Å². The maximum atomic E-state index is 12.7. The number of likely N-dealkylation sites (N-methyl/N-ethyl adjacent to an activating group) is 1. The van der Waals surface area contributed by atoms with Gasteiger partial charge in [0.1, 0.15) is 5.75 Å². The molecule has 2 aliphatic rings. The molecule has 0 saturated carbocycles. The minimum atomic E-state index is 0.0894. The second-order valence-electron chi connectivity index (χ2n) is 6.90. The van der Waals surface area contributed by atoms with Crippen LogP contribution in [0.3, 0.4) is 0 Å². The zero-order valence-corrected chi connectivity index (χ0v) is 15.0. The van der Waals surface area contributed by atoms with Gasteiger partial charge in [-0.1, -0.05) is 19.1 Å². The summed E-state index contributed by atoms with van der Waals surface area (Å²) in [5, 5.41) is 8.70. The molecule has 0 bridgehead atoms. The Labute approximate surface area is 150 Å². The summed E-state index contributed by atoms with van der Waals surface area (Å²) in [6.45, 7) is 5.37. The van der Waals surface area contributed by atoms with Crippen LogP contribution in [0.25, 0.3) is 0 Å². The van der Waals surface area contributed by atoms with Crippen LogP contribution in [0, 0.1) is 11.3 Å². The fourth-order valence-electron chi connectivity index (χ4n) is 4.21.